The molecular weight excluding hydrogens is 468 g/mol. The summed E-state index contributed by atoms with van der Waals surface area (Å²) < 4.78 is 0. The third kappa shape index (κ3) is 9.56. The Kier molecular flexibility index (Phi) is 12.7. The first kappa shape index (κ1) is 29.3. The lowest BCUT2D eigenvalue weighted by Crippen LogP contribution is -2.39. The maximum atomic E-state index is 12.8. The Balaban J connectivity index is 1.65. The third-order valence-corrected chi connectivity index (χ3v) is 8.11. The SMILES string of the molecule is CCCNC(=O)C1CCC(CN2C(=O)CC(SCC(=O)NCCCCC(NC)C(C)=O)C2=O)CC1. The molecule has 2 rings (SSSR count). The number of amides is 4. The molecule has 10 heteroatoms. The first-order valence-electron chi connectivity index (χ1n) is 12.9. The second-order valence-electron chi connectivity index (χ2n) is 9.65. The second kappa shape index (κ2) is 15.2. The third-order valence-electron chi connectivity index (χ3n) is 6.91. The lowest BCUT2D eigenvalue weighted by Gasteiger charge is -2.30. The van der Waals surface area contributed by atoms with Crippen molar-refractivity contribution in [1.29, 1.82) is 0 Å². The highest BCUT2D eigenvalue weighted by Gasteiger charge is 2.40. The van der Waals surface area contributed by atoms with Gasteiger partial charge in [-0.05, 0) is 71.3 Å². The van der Waals surface area contributed by atoms with E-state index in [1.807, 2.05) is 6.92 Å². The summed E-state index contributed by atoms with van der Waals surface area (Å²) in [5, 5.41) is 8.28. The van der Waals surface area contributed by atoms with E-state index in [0.717, 1.165) is 51.4 Å². The van der Waals surface area contributed by atoms with Gasteiger partial charge in [0.05, 0.1) is 17.0 Å². The van der Waals surface area contributed by atoms with E-state index >= 15 is 0 Å². The quantitative estimate of drug-likeness (QED) is 0.226. The van der Waals surface area contributed by atoms with Crippen molar-refractivity contribution in [1.82, 2.24) is 20.9 Å². The van der Waals surface area contributed by atoms with Crippen LogP contribution >= 0.6 is 11.8 Å². The number of hydrogen-bond donors (Lipinski definition) is 3. The average Bonchev–Trinajstić information content (AvgIpc) is 3.11. The van der Waals surface area contributed by atoms with Crippen LogP contribution in [-0.4, -0.2) is 78.0 Å². The number of hydrogen-bond acceptors (Lipinski definition) is 7. The second-order valence-corrected chi connectivity index (χ2v) is 10.8. The lowest BCUT2D eigenvalue weighted by molar-refractivity contribution is -0.139. The summed E-state index contributed by atoms with van der Waals surface area (Å²) >= 11 is 1.23. The van der Waals surface area contributed by atoms with Crippen molar-refractivity contribution in [2.75, 3.05) is 32.4 Å². The summed E-state index contributed by atoms with van der Waals surface area (Å²) in [7, 11) is 1.77. The Labute approximate surface area is 213 Å². The van der Waals surface area contributed by atoms with E-state index in [1.165, 1.54) is 16.7 Å². The van der Waals surface area contributed by atoms with Crippen LogP contribution in [0, 0.1) is 11.8 Å². The highest BCUT2D eigenvalue weighted by Crippen LogP contribution is 2.32. The van der Waals surface area contributed by atoms with E-state index in [-0.39, 0.29) is 59.5 Å². The molecule has 0 bridgehead atoms. The number of nitrogens with zero attached hydrogens (tertiary/aromatic N) is 1. The molecule has 1 heterocycles. The number of carbonyl (C=O) groups excluding carboxylic acids is 5. The zero-order valence-corrected chi connectivity index (χ0v) is 22.2. The number of thioether (sulfide) groups is 1. The van der Waals surface area contributed by atoms with Crippen LogP contribution in [0.2, 0.25) is 0 Å². The molecule has 0 aromatic heterocycles. The maximum absolute atomic E-state index is 12.8. The molecule has 4 amide bonds. The molecule has 3 N–H and O–H groups in total. The number of carbonyl (C=O) groups is 5. The first-order valence-corrected chi connectivity index (χ1v) is 14.0. The van der Waals surface area contributed by atoms with Gasteiger partial charge in [-0.2, -0.15) is 0 Å². The molecule has 2 fully saturated rings. The molecule has 1 saturated heterocycles. The van der Waals surface area contributed by atoms with Crippen molar-refractivity contribution >= 4 is 41.2 Å². The van der Waals surface area contributed by atoms with Crippen LogP contribution in [0.1, 0.15) is 71.6 Å². The molecule has 1 aliphatic carbocycles. The number of Topliss-reactive ketones (excluding diaryl/α,β-unsaturated/α-hetero) is 1. The van der Waals surface area contributed by atoms with E-state index in [4.69, 9.17) is 0 Å². The number of rotatable bonds is 15. The average molecular weight is 511 g/mol. The number of unbranched alkanes of at least 4 members (excludes halogenated alkanes) is 1. The van der Waals surface area contributed by atoms with Crippen molar-refractivity contribution in [3.8, 4) is 0 Å². The standard InChI is InChI=1S/C25H42N4O5S/c1-4-12-28-24(33)19-10-8-18(9-11-19)15-29-23(32)14-21(25(29)34)35-16-22(31)27-13-6-5-7-20(26-3)17(2)30/h18-21,26H,4-16H2,1-3H3,(H,27,31)(H,28,33). The smallest absolute Gasteiger partial charge is 0.242 e. The highest BCUT2D eigenvalue weighted by atomic mass is 32.2. The van der Waals surface area contributed by atoms with Crippen LogP contribution in [0.25, 0.3) is 0 Å². The monoisotopic (exact) mass is 510 g/mol. The number of ketones is 1. The Morgan fingerprint density at radius 3 is 2.40 bits per heavy atom. The predicted octanol–water partition coefficient (Wildman–Crippen LogP) is 1.64. The van der Waals surface area contributed by atoms with Gasteiger partial charge in [-0.25, -0.2) is 0 Å². The normalized spacial score (nSPS) is 23.3. The molecule has 0 aromatic carbocycles. The van der Waals surface area contributed by atoms with Gasteiger partial charge in [-0.3, -0.25) is 28.9 Å². The minimum absolute atomic E-state index is 0.0310. The summed E-state index contributed by atoms with van der Waals surface area (Å²) in [5.41, 5.74) is 0. The highest BCUT2D eigenvalue weighted by molar-refractivity contribution is 8.01. The molecule has 2 aliphatic rings. The fourth-order valence-corrected chi connectivity index (χ4v) is 5.70. The van der Waals surface area contributed by atoms with E-state index in [2.05, 4.69) is 16.0 Å². The molecule has 2 atom stereocenters. The summed E-state index contributed by atoms with van der Waals surface area (Å²) in [6.45, 7) is 5.23. The van der Waals surface area contributed by atoms with E-state index < -0.39 is 5.25 Å². The summed E-state index contributed by atoms with van der Waals surface area (Å²) in [4.78, 5) is 62.4. The van der Waals surface area contributed by atoms with Gasteiger partial charge >= 0.3 is 0 Å². The minimum atomic E-state index is -0.503. The van der Waals surface area contributed by atoms with Crippen LogP contribution in [0.5, 0.6) is 0 Å². The fraction of sp³-hybridized carbons (Fsp3) is 0.800. The Hall–Kier alpha value is -1.94. The molecule has 0 radical (unpaired) electrons. The number of imide groups is 1. The fourth-order valence-electron chi connectivity index (χ4n) is 4.71. The van der Waals surface area contributed by atoms with Gasteiger partial charge in [0.25, 0.3) is 0 Å². The van der Waals surface area contributed by atoms with Crippen LogP contribution in [0.3, 0.4) is 0 Å². The minimum Gasteiger partial charge on any atom is -0.356 e. The zero-order valence-electron chi connectivity index (χ0n) is 21.4. The Morgan fingerprint density at radius 2 is 1.77 bits per heavy atom. The van der Waals surface area contributed by atoms with Gasteiger partial charge in [-0.1, -0.05) is 6.92 Å². The van der Waals surface area contributed by atoms with Gasteiger partial charge in [-0.15, -0.1) is 11.8 Å². The molecule has 198 valence electrons. The molecule has 9 nitrogen and oxygen atoms in total. The summed E-state index contributed by atoms with van der Waals surface area (Å²) in [6, 6.07) is -0.143. The van der Waals surface area contributed by atoms with Gasteiger partial charge in [0.15, 0.2) is 0 Å². The van der Waals surface area contributed by atoms with Crippen molar-refractivity contribution < 1.29 is 24.0 Å². The molecule has 1 aliphatic heterocycles. The van der Waals surface area contributed by atoms with Crippen LogP contribution in [-0.2, 0) is 24.0 Å². The van der Waals surface area contributed by atoms with Crippen molar-refractivity contribution in [3.05, 3.63) is 0 Å². The van der Waals surface area contributed by atoms with Crippen LogP contribution < -0.4 is 16.0 Å². The van der Waals surface area contributed by atoms with Crippen molar-refractivity contribution in [2.45, 2.75) is 82.9 Å². The number of likely N-dealkylation sites (N-methyl/N-ethyl adjacent to an activating group) is 1. The predicted molar refractivity (Wildman–Crippen MR) is 137 cm³/mol. The van der Waals surface area contributed by atoms with Gasteiger partial charge < -0.3 is 16.0 Å². The van der Waals surface area contributed by atoms with Gasteiger partial charge in [0.1, 0.15) is 5.78 Å². The molecular formula is C25H42N4O5S. The van der Waals surface area contributed by atoms with Gasteiger partial charge in [0, 0.05) is 32.0 Å². The molecule has 35 heavy (non-hydrogen) atoms. The number of likely N-dealkylation sites (tertiary alicyclic amines) is 1. The van der Waals surface area contributed by atoms with Crippen molar-refractivity contribution in [3.63, 3.8) is 0 Å². The largest absolute Gasteiger partial charge is 0.356 e. The van der Waals surface area contributed by atoms with Crippen LogP contribution in [0.4, 0.5) is 0 Å². The Bertz CT molecular complexity index is 754. The lowest BCUT2D eigenvalue weighted by atomic mass is 9.81. The summed E-state index contributed by atoms with van der Waals surface area (Å²) in [5.74, 6) is 0.122. The zero-order chi connectivity index (χ0) is 25.8. The molecule has 2 unspecified atom stereocenters. The van der Waals surface area contributed by atoms with E-state index in [1.54, 1.807) is 14.0 Å². The topological polar surface area (TPSA) is 125 Å². The van der Waals surface area contributed by atoms with E-state index in [0.29, 0.717) is 19.6 Å². The molecule has 0 spiro atoms. The van der Waals surface area contributed by atoms with Gasteiger partial charge in [0.2, 0.25) is 23.6 Å². The molecule has 1 saturated carbocycles. The Morgan fingerprint density at radius 1 is 1.06 bits per heavy atom. The van der Waals surface area contributed by atoms with Crippen molar-refractivity contribution in [2.24, 2.45) is 11.8 Å². The van der Waals surface area contributed by atoms with E-state index in [9.17, 15) is 24.0 Å². The first-order chi connectivity index (χ1) is 16.8. The number of nitrogens with one attached hydrogen (secondary N) is 3. The summed E-state index contributed by atoms with van der Waals surface area (Å²) in [6.07, 6.45) is 6.65. The van der Waals surface area contributed by atoms with Crippen LogP contribution in [0.15, 0.2) is 0 Å². The molecule has 0 aromatic rings. The maximum Gasteiger partial charge on any atom is 0.242 e.